The van der Waals surface area contributed by atoms with E-state index < -0.39 is 16.1 Å². The van der Waals surface area contributed by atoms with Crippen molar-refractivity contribution in [2.75, 3.05) is 12.4 Å². The van der Waals surface area contributed by atoms with E-state index in [4.69, 9.17) is 9.88 Å². The number of carbonyl (C=O) groups excluding carboxylic acids is 2. The Morgan fingerprint density at radius 1 is 1.07 bits per heavy atom. The largest absolute Gasteiger partial charge is 0.497 e. The lowest BCUT2D eigenvalue weighted by molar-refractivity contribution is -0.120. The third kappa shape index (κ3) is 6.08. The summed E-state index contributed by atoms with van der Waals surface area (Å²) in [7, 11) is -2.24. The molecule has 0 aliphatic carbocycles. The molecule has 8 nitrogen and oxygen atoms in total. The Morgan fingerprint density at radius 2 is 1.67 bits per heavy atom. The molecule has 0 fully saturated rings. The minimum absolute atomic E-state index is 0.00283. The van der Waals surface area contributed by atoms with Gasteiger partial charge in [-0.05, 0) is 42.0 Å². The average Bonchev–Trinajstić information content (AvgIpc) is 2.60. The second kappa shape index (κ2) is 8.65. The molecule has 0 radical (unpaired) electrons. The molecule has 2 aromatic carbocycles. The number of amides is 2. The maximum atomic E-state index is 12.4. The maximum absolute atomic E-state index is 12.4. The highest BCUT2D eigenvalue weighted by Gasteiger charge is 2.18. The number of sulfonamides is 1. The molecule has 144 valence electrons. The van der Waals surface area contributed by atoms with Crippen LogP contribution < -0.4 is 20.5 Å². The minimum atomic E-state index is -3.79. The monoisotopic (exact) mass is 391 g/mol. The molecule has 0 aliphatic heterocycles. The quantitative estimate of drug-likeness (QED) is 0.660. The van der Waals surface area contributed by atoms with Crippen molar-refractivity contribution in [3.63, 3.8) is 0 Å². The minimum Gasteiger partial charge on any atom is -0.497 e. The van der Waals surface area contributed by atoms with E-state index in [-0.39, 0.29) is 23.1 Å². The molecule has 0 saturated carbocycles. The van der Waals surface area contributed by atoms with E-state index in [2.05, 4.69) is 10.6 Å². The van der Waals surface area contributed by atoms with Crippen molar-refractivity contribution in [1.29, 1.82) is 0 Å². The third-order valence-electron chi connectivity index (χ3n) is 3.75. The molecule has 2 aromatic rings. The number of benzene rings is 2. The third-order valence-corrected chi connectivity index (χ3v) is 4.68. The number of rotatable bonds is 7. The first-order valence-corrected chi connectivity index (χ1v) is 9.57. The molecule has 0 aromatic heterocycles. The first-order chi connectivity index (χ1) is 12.7. The smallest absolute Gasteiger partial charge is 0.238 e. The molecular formula is C18H21N3O5S. The fourth-order valence-electron chi connectivity index (χ4n) is 2.46. The number of nitrogens with one attached hydrogen (secondary N) is 2. The van der Waals surface area contributed by atoms with E-state index in [1.165, 1.54) is 31.2 Å². The molecule has 0 saturated heterocycles. The molecule has 9 heteroatoms. The molecule has 0 spiro atoms. The second-order valence-corrected chi connectivity index (χ2v) is 7.41. The average molecular weight is 391 g/mol. The summed E-state index contributed by atoms with van der Waals surface area (Å²) >= 11 is 0. The van der Waals surface area contributed by atoms with Crippen LogP contribution in [0.25, 0.3) is 0 Å². The van der Waals surface area contributed by atoms with Gasteiger partial charge in [0.2, 0.25) is 21.8 Å². The Bertz CT molecular complexity index is 909. The van der Waals surface area contributed by atoms with Gasteiger partial charge in [0.15, 0.2) is 0 Å². The fraction of sp³-hybridized carbons (Fsp3) is 0.222. The number of ether oxygens (including phenoxy) is 1. The van der Waals surface area contributed by atoms with Crippen molar-refractivity contribution in [2.45, 2.75) is 24.3 Å². The van der Waals surface area contributed by atoms with Gasteiger partial charge in [0.05, 0.1) is 24.5 Å². The van der Waals surface area contributed by atoms with Crippen molar-refractivity contribution >= 4 is 27.5 Å². The Kier molecular flexibility index (Phi) is 6.54. The van der Waals surface area contributed by atoms with E-state index in [1.54, 1.807) is 31.4 Å². The zero-order valence-electron chi connectivity index (χ0n) is 14.9. The van der Waals surface area contributed by atoms with Gasteiger partial charge >= 0.3 is 0 Å². The number of hydrogen-bond acceptors (Lipinski definition) is 5. The summed E-state index contributed by atoms with van der Waals surface area (Å²) in [5.74, 6) is 0.0637. The van der Waals surface area contributed by atoms with E-state index in [0.29, 0.717) is 11.4 Å². The normalized spacial score (nSPS) is 12.1. The summed E-state index contributed by atoms with van der Waals surface area (Å²) in [6.07, 6.45) is 0.00283. The first-order valence-electron chi connectivity index (χ1n) is 8.03. The highest BCUT2D eigenvalue weighted by Crippen LogP contribution is 2.21. The molecule has 4 N–H and O–H groups in total. The topological polar surface area (TPSA) is 128 Å². The van der Waals surface area contributed by atoms with Crippen LogP contribution in [0.3, 0.4) is 0 Å². The van der Waals surface area contributed by atoms with Crippen molar-refractivity contribution in [3.05, 3.63) is 54.1 Å². The van der Waals surface area contributed by atoms with Gasteiger partial charge in [-0.1, -0.05) is 12.1 Å². The van der Waals surface area contributed by atoms with E-state index in [0.717, 1.165) is 5.56 Å². The second-order valence-electron chi connectivity index (χ2n) is 5.85. The van der Waals surface area contributed by atoms with Gasteiger partial charge in [0.1, 0.15) is 5.75 Å². The molecule has 0 aliphatic rings. The van der Waals surface area contributed by atoms with Gasteiger partial charge in [-0.3, -0.25) is 9.59 Å². The zero-order chi connectivity index (χ0) is 20.0. The van der Waals surface area contributed by atoms with E-state index in [9.17, 15) is 18.0 Å². The van der Waals surface area contributed by atoms with Gasteiger partial charge < -0.3 is 15.4 Å². The van der Waals surface area contributed by atoms with Crippen LogP contribution in [0.2, 0.25) is 0 Å². The highest BCUT2D eigenvalue weighted by atomic mass is 32.2. The number of anilines is 1. The van der Waals surface area contributed by atoms with Gasteiger partial charge in [-0.15, -0.1) is 0 Å². The lowest BCUT2D eigenvalue weighted by Crippen LogP contribution is -2.29. The van der Waals surface area contributed by atoms with Gasteiger partial charge in [0, 0.05) is 12.6 Å². The lowest BCUT2D eigenvalue weighted by Gasteiger charge is -2.18. The molecule has 2 amide bonds. The van der Waals surface area contributed by atoms with Gasteiger partial charge in [-0.25, -0.2) is 13.6 Å². The van der Waals surface area contributed by atoms with Crippen molar-refractivity contribution in [1.82, 2.24) is 5.32 Å². The molecular weight excluding hydrogens is 370 g/mol. The summed E-state index contributed by atoms with van der Waals surface area (Å²) in [5.41, 5.74) is 1.18. The van der Waals surface area contributed by atoms with Crippen LogP contribution in [-0.2, 0) is 19.6 Å². The first kappa shape index (κ1) is 20.4. The number of nitrogens with two attached hydrogens (primary N) is 1. The lowest BCUT2D eigenvalue weighted by atomic mass is 10.0. The molecule has 27 heavy (non-hydrogen) atoms. The predicted molar refractivity (Wildman–Crippen MR) is 101 cm³/mol. The Hall–Kier alpha value is -2.91. The Morgan fingerprint density at radius 3 is 2.15 bits per heavy atom. The Balaban J connectivity index is 2.09. The van der Waals surface area contributed by atoms with Crippen LogP contribution in [0.15, 0.2) is 53.4 Å². The van der Waals surface area contributed by atoms with Crippen LogP contribution in [0.5, 0.6) is 5.75 Å². The van der Waals surface area contributed by atoms with Crippen molar-refractivity contribution < 1.29 is 22.7 Å². The van der Waals surface area contributed by atoms with Crippen LogP contribution in [0, 0.1) is 0 Å². The standard InChI is InChI=1S/C18H21N3O5S/c1-12(22)20-17(13-3-7-15(26-2)8-4-13)11-18(23)21-14-5-9-16(10-6-14)27(19,24)25/h3-10,17H,11H2,1-2H3,(H,20,22)(H,21,23)(H2,19,24,25). The number of carbonyl (C=O) groups is 2. The van der Waals surface area contributed by atoms with Crippen molar-refractivity contribution in [3.8, 4) is 5.75 Å². The van der Waals surface area contributed by atoms with Crippen LogP contribution in [0.1, 0.15) is 24.9 Å². The number of hydrogen-bond donors (Lipinski definition) is 3. The fourth-order valence-corrected chi connectivity index (χ4v) is 2.97. The number of primary sulfonamides is 1. The highest BCUT2D eigenvalue weighted by molar-refractivity contribution is 7.89. The molecule has 1 atom stereocenters. The van der Waals surface area contributed by atoms with Crippen LogP contribution in [-0.4, -0.2) is 27.3 Å². The predicted octanol–water partition coefficient (Wildman–Crippen LogP) is 1.55. The summed E-state index contributed by atoms with van der Waals surface area (Å²) in [6, 6.07) is 12.0. The summed E-state index contributed by atoms with van der Waals surface area (Å²) in [4.78, 5) is 23.8. The van der Waals surface area contributed by atoms with E-state index >= 15 is 0 Å². The number of methoxy groups -OCH3 is 1. The molecule has 2 rings (SSSR count). The summed E-state index contributed by atoms with van der Waals surface area (Å²) in [6.45, 7) is 1.38. The maximum Gasteiger partial charge on any atom is 0.238 e. The molecule has 0 heterocycles. The summed E-state index contributed by atoms with van der Waals surface area (Å²) in [5, 5.41) is 10.5. The SMILES string of the molecule is COc1ccc(C(CC(=O)Nc2ccc(S(N)(=O)=O)cc2)NC(C)=O)cc1. The van der Waals surface area contributed by atoms with E-state index in [1.807, 2.05) is 0 Å². The molecule has 1 unspecified atom stereocenters. The van der Waals surface area contributed by atoms with Gasteiger partial charge in [-0.2, -0.15) is 0 Å². The van der Waals surface area contributed by atoms with Crippen molar-refractivity contribution in [2.24, 2.45) is 5.14 Å². The van der Waals surface area contributed by atoms with Gasteiger partial charge in [0.25, 0.3) is 0 Å². The zero-order valence-corrected chi connectivity index (χ0v) is 15.7. The van der Waals surface area contributed by atoms with Crippen LogP contribution >= 0.6 is 0 Å². The Labute approximate surface area is 157 Å². The molecule has 0 bridgehead atoms. The summed E-state index contributed by atoms with van der Waals surface area (Å²) < 4.78 is 27.6. The van der Waals surface area contributed by atoms with Crippen LogP contribution in [0.4, 0.5) is 5.69 Å².